The molecule has 1 saturated heterocycles. The number of amides is 2. The fourth-order valence-electron chi connectivity index (χ4n) is 4.96. The first-order valence-corrected chi connectivity index (χ1v) is 11.4. The highest BCUT2D eigenvalue weighted by atomic mass is 16.2. The van der Waals surface area contributed by atoms with Crippen LogP contribution in [0.3, 0.4) is 0 Å². The molecule has 8 nitrogen and oxygen atoms in total. The van der Waals surface area contributed by atoms with Crippen LogP contribution in [0.25, 0.3) is 0 Å². The lowest BCUT2D eigenvalue weighted by atomic mass is 9.86. The number of carbonyl (C=O) groups excluding carboxylic acids is 2. The number of carbonyl (C=O) groups is 2. The number of hydrogen-bond donors (Lipinski definition) is 0. The summed E-state index contributed by atoms with van der Waals surface area (Å²) in [5.74, 6) is -0.517. The molecule has 3 heterocycles. The molecule has 2 amide bonds. The summed E-state index contributed by atoms with van der Waals surface area (Å²) in [4.78, 5) is 33.8. The molecule has 0 spiro atoms. The van der Waals surface area contributed by atoms with Crippen molar-refractivity contribution in [2.24, 2.45) is 5.92 Å². The average Bonchev–Trinajstić information content (AvgIpc) is 3.56. The highest BCUT2D eigenvalue weighted by Gasteiger charge is 2.43. The van der Waals surface area contributed by atoms with Gasteiger partial charge in [0, 0.05) is 42.8 Å². The van der Waals surface area contributed by atoms with Gasteiger partial charge in [-0.25, -0.2) is 4.98 Å². The highest BCUT2D eigenvalue weighted by Crippen LogP contribution is 2.42. The Hall–Kier alpha value is -3.99. The maximum absolute atomic E-state index is 13.6. The van der Waals surface area contributed by atoms with Gasteiger partial charge in [0.15, 0.2) is 0 Å². The molecular weight excluding hydrogens is 428 g/mol. The van der Waals surface area contributed by atoms with Crippen LogP contribution in [0.1, 0.15) is 37.0 Å². The van der Waals surface area contributed by atoms with Crippen LogP contribution in [-0.2, 0) is 28.0 Å². The van der Waals surface area contributed by atoms with Crippen LogP contribution in [-0.4, -0.2) is 39.7 Å². The molecule has 2 aliphatic rings. The second kappa shape index (κ2) is 8.41. The van der Waals surface area contributed by atoms with E-state index < -0.39 is 5.92 Å². The molecule has 0 radical (unpaired) electrons. The van der Waals surface area contributed by atoms with Gasteiger partial charge in [-0.1, -0.05) is 32.0 Å². The number of anilines is 2. The summed E-state index contributed by atoms with van der Waals surface area (Å²) in [6.07, 6.45) is 4.25. The van der Waals surface area contributed by atoms with Crippen molar-refractivity contribution >= 4 is 23.2 Å². The maximum Gasteiger partial charge on any atom is 0.232 e. The van der Waals surface area contributed by atoms with Gasteiger partial charge in [-0.15, -0.1) is 0 Å². The maximum atomic E-state index is 13.6. The smallest absolute Gasteiger partial charge is 0.232 e. The summed E-state index contributed by atoms with van der Waals surface area (Å²) in [6.45, 7) is 5.96. The predicted molar refractivity (Wildman–Crippen MR) is 127 cm³/mol. The minimum Gasteiger partial charge on any atom is -0.312 e. The number of aryl methyl sites for hydroxylation is 2. The van der Waals surface area contributed by atoms with Crippen LogP contribution in [0.4, 0.5) is 11.4 Å². The monoisotopic (exact) mass is 454 g/mol. The van der Waals surface area contributed by atoms with E-state index in [1.165, 1.54) is 11.9 Å². The summed E-state index contributed by atoms with van der Waals surface area (Å²) in [7, 11) is 0. The van der Waals surface area contributed by atoms with Crippen LogP contribution >= 0.6 is 0 Å². The Morgan fingerprint density at radius 2 is 2.09 bits per heavy atom. The van der Waals surface area contributed by atoms with E-state index in [0.29, 0.717) is 24.3 Å². The van der Waals surface area contributed by atoms with Crippen molar-refractivity contribution in [3.63, 3.8) is 0 Å². The molecule has 5 rings (SSSR count). The zero-order chi connectivity index (χ0) is 23.9. The van der Waals surface area contributed by atoms with E-state index in [-0.39, 0.29) is 23.7 Å². The molecule has 0 aliphatic carbocycles. The molecular formula is C26H26N6O2. The lowest BCUT2D eigenvalue weighted by Crippen LogP contribution is -2.39. The van der Waals surface area contributed by atoms with Crippen molar-refractivity contribution in [3.8, 4) is 6.07 Å². The Kier molecular flexibility index (Phi) is 5.40. The van der Waals surface area contributed by atoms with Gasteiger partial charge in [-0.05, 0) is 41.8 Å². The number of fused-ring (bicyclic) bond motifs is 1. The summed E-state index contributed by atoms with van der Waals surface area (Å²) in [6, 6.07) is 15.4. The molecule has 0 bridgehead atoms. The molecule has 172 valence electrons. The first-order chi connectivity index (χ1) is 16.4. The first-order valence-electron chi connectivity index (χ1n) is 11.4. The van der Waals surface area contributed by atoms with Crippen molar-refractivity contribution in [2.75, 3.05) is 22.9 Å². The Morgan fingerprint density at radius 1 is 1.24 bits per heavy atom. The van der Waals surface area contributed by atoms with Crippen molar-refractivity contribution in [1.82, 2.24) is 14.8 Å². The quantitative estimate of drug-likeness (QED) is 0.590. The van der Waals surface area contributed by atoms with Crippen LogP contribution < -0.4 is 9.80 Å². The van der Waals surface area contributed by atoms with E-state index in [1.807, 2.05) is 15.6 Å². The Balaban J connectivity index is 1.34. The fourth-order valence-corrected chi connectivity index (χ4v) is 4.96. The fraction of sp³-hybridized carbons (Fsp3) is 0.346. The van der Waals surface area contributed by atoms with Crippen LogP contribution in [0.5, 0.6) is 0 Å². The highest BCUT2D eigenvalue weighted by molar-refractivity contribution is 6.05. The number of rotatable bonds is 5. The second-order valence-electron chi connectivity index (χ2n) is 9.64. The number of benzene rings is 2. The zero-order valence-electron chi connectivity index (χ0n) is 19.3. The van der Waals surface area contributed by atoms with Crippen molar-refractivity contribution in [3.05, 3.63) is 71.8 Å². The molecule has 34 heavy (non-hydrogen) atoms. The summed E-state index contributed by atoms with van der Waals surface area (Å²) < 4.78 is 1.81. The third kappa shape index (κ3) is 3.94. The van der Waals surface area contributed by atoms with Gasteiger partial charge < -0.3 is 9.80 Å². The number of nitrogens with zero attached hydrogens (tertiary/aromatic N) is 6. The van der Waals surface area contributed by atoms with Crippen molar-refractivity contribution in [2.45, 2.75) is 38.6 Å². The van der Waals surface area contributed by atoms with E-state index in [1.54, 1.807) is 35.5 Å². The van der Waals surface area contributed by atoms with E-state index in [9.17, 15) is 14.9 Å². The van der Waals surface area contributed by atoms with Crippen LogP contribution in [0.15, 0.2) is 55.1 Å². The number of nitriles is 1. The molecule has 8 heteroatoms. The van der Waals surface area contributed by atoms with Gasteiger partial charge in [0.05, 0.1) is 17.6 Å². The SMILES string of the molecule is CC1(C)CN(C(=O)C2CC(=O)N(c3cccc(C#N)c3)C2)c2ccc(CCn3cncn3)cc21. The third-order valence-electron chi connectivity index (χ3n) is 6.76. The van der Waals surface area contributed by atoms with Gasteiger partial charge in [-0.2, -0.15) is 10.4 Å². The molecule has 0 saturated carbocycles. The van der Waals surface area contributed by atoms with Gasteiger partial charge in [-0.3, -0.25) is 14.3 Å². The molecule has 1 fully saturated rings. The molecule has 0 N–H and O–H groups in total. The predicted octanol–water partition coefficient (Wildman–Crippen LogP) is 3.07. The summed E-state index contributed by atoms with van der Waals surface area (Å²) in [5, 5.41) is 13.3. The van der Waals surface area contributed by atoms with E-state index in [2.05, 4.69) is 42.1 Å². The Labute approximate surface area is 198 Å². The standard InChI is InChI=1S/C26H26N6O2/c1-26(2)15-32(23-7-6-18(11-22(23)26)8-9-30-17-28-16-29-30)25(34)20-12-24(33)31(14-20)21-5-3-4-19(10-21)13-27/h3-7,10-11,16-17,20H,8-9,12,14-15H2,1-2H3. The van der Waals surface area contributed by atoms with E-state index in [0.717, 1.165) is 24.2 Å². The molecule has 1 aromatic heterocycles. The minimum absolute atomic E-state index is 0.0190. The van der Waals surface area contributed by atoms with Gasteiger partial charge >= 0.3 is 0 Å². The molecule has 3 aromatic rings. The summed E-state index contributed by atoms with van der Waals surface area (Å²) >= 11 is 0. The lowest BCUT2D eigenvalue weighted by molar-refractivity contribution is -0.124. The van der Waals surface area contributed by atoms with Crippen molar-refractivity contribution < 1.29 is 9.59 Å². The Bertz CT molecular complexity index is 1290. The molecule has 2 aromatic carbocycles. The largest absolute Gasteiger partial charge is 0.312 e. The van der Waals surface area contributed by atoms with Crippen LogP contribution in [0, 0.1) is 17.2 Å². The molecule has 1 atom stereocenters. The first kappa shape index (κ1) is 21.8. The van der Waals surface area contributed by atoms with Gasteiger partial charge in [0.1, 0.15) is 12.7 Å². The van der Waals surface area contributed by atoms with E-state index in [4.69, 9.17) is 0 Å². The topological polar surface area (TPSA) is 95.1 Å². The second-order valence-corrected chi connectivity index (χ2v) is 9.64. The summed E-state index contributed by atoms with van der Waals surface area (Å²) in [5.41, 5.74) is 4.25. The number of hydrogen-bond acceptors (Lipinski definition) is 5. The lowest BCUT2D eigenvalue weighted by Gasteiger charge is -2.23. The van der Waals surface area contributed by atoms with Crippen molar-refractivity contribution in [1.29, 1.82) is 5.26 Å². The Morgan fingerprint density at radius 3 is 2.85 bits per heavy atom. The average molecular weight is 455 g/mol. The minimum atomic E-state index is -0.410. The van der Waals surface area contributed by atoms with Gasteiger partial charge in [0.25, 0.3) is 0 Å². The zero-order valence-corrected chi connectivity index (χ0v) is 19.3. The molecule has 1 unspecified atom stereocenters. The van der Waals surface area contributed by atoms with E-state index >= 15 is 0 Å². The van der Waals surface area contributed by atoms with Crippen LogP contribution in [0.2, 0.25) is 0 Å². The normalized spacial score (nSPS) is 18.7. The van der Waals surface area contributed by atoms with Gasteiger partial charge in [0.2, 0.25) is 11.8 Å². The number of aromatic nitrogens is 3. The molecule has 2 aliphatic heterocycles. The third-order valence-corrected chi connectivity index (χ3v) is 6.76.